The second kappa shape index (κ2) is 14.8. The van der Waals surface area contributed by atoms with Gasteiger partial charge in [0.15, 0.2) is 0 Å². The predicted molar refractivity (Wildman–Crippen MR) is 194 cm³/mol. The molecule has 18 heteroatoms. The first-order chi connectivity index (χ1) is 25.3. The number of aryl methyl sites for hydroxylation is 2. The van der Waals surface area contributed by atoms with E-state index >= 15 is 4.39 Å². The van der Waals surface area contributed by atoms with Gasteiger partial charge in [-0.25, -0.2) is 13.9 Å². The van der Waals surface area contributed by atoms with Gasteiger partial charge in [0.2, 0.25) is 0 Å². The Bertz CT molecular complexity index is 2160. The SMILES string of the molecule is COC[C@H]1CN(c2cc(C)c3c4c(c(=O)oc3c2C)CN(C(=O)c2cc(N(C)C)c(C(=O)NS(=O)(=O)N3CCC[C@@H]3C(F)(F)F)cc2F)CC4)CCN1C. The Morgan fingerprint density at radius 2 is 1.78 bits per heavy atom. The van der Waals surface area contributed by atoms with Gasteiger partial charge >= 0.3 is 22.0 Å². The molecule has 0 bridgehead atoms. The summed E-state index contributed by atoms with van der Waals surface area (Å²) in [6, 6.07) is 1.74. The summed E-state index contributed by atoms with van der Waals surface area (Å²) in [5, 5.41) is 0.794. The molecule has 13 nitrogen and oxygen atoms in total. The van der Waals surface area contributed by atoms with Crippen LogP contribution in [0.1, 0.15) is 55.8 Å². The highest BCUT2D eigenvalue weighted by molar-refractivity contribution is 7.87. The van der Waals surface area contributed by atoms with Gasteiger partial charge in [-0.2, -0.15) is 25.9 Å². The Hall–Kier alpha value is -4.26. The quantitative estimate of drug-likeness (QED) is 0.267. The zero-order chi connectivity index (χ0) is 39.4. The van der Waals surface area contributed by atoms with Crippen molar-refractivity contribution in [2.45, 2.75) is 57.9 Å². The van der Waals surface area contributed by atoms with Crippen molar-refractivity contribution in [3.8, 4) is 0 Å². The largest absolute Gasteiger partial charge is 0.422 e. The van der Waals surface area contributed by atoms with Crippen LogP contribution in [-0.4, -0.2) is 120 Å². The molecule has 4 heterocycles. The molecule has 2 amide bonds. The maximum atomic E-state index is 15.7. The molecule has 294 valence electrons. The lowest BCUT2D eigenvalue weighted by atomic mass is 9.92. The minimum absolute atomic E-state index is 0.0556. The fourth-order valence-corrected chi connectivity index (χ4v) is 9.22. The Morgan fingerprint density at radius 3 is 2.44 bits per heavy atom. The molecule has 2 saturated heterocycles. The summed E-state index contributed by atoms with van der Waals surface area (Å²) in [6.45, 7) is 6.32. The molecule has 0 aliphatic carbocycles. The molecule has 0 radical (unpaired) electrons. The number of amides is 2. The minimum Gasteiger partial charge on any atom is -0.422 e. The molecule has 2 aromatic carbocycles. The van der Waals surface area contributed by atoms with Gasteiger partial charge in [-0.05, 0) is 69.5 Å². The summed E-state index contributed by atoms with van der Waals surface area (Å²) in [6.07, 6.45) is -5.08. The highest BCUT2D eigenvalue weighted by atomic mass is 32.2. The van der Waals surface area contributed by atoms with Gasteiger partial charge in [0.05, 0.1) is 41.6 Å². The molecule has 2 atom stereocenters. The molecule has 3 aromatic rings. The van der Waals surface area contributed by atoms with Gasteiger partial charge in [-0.1, -0.05) is 0 Å². The van der Waals surface area contributed by atoms with Crippen LogP contribution in [0.25, 0.3) is 11.0 Å². The number of fused-ring (bicyclic) bond motifs is 3. The molecule has 54 heavy (non-hydrogen) atoms. The summed E-state index contributed by atoms with van der Waals surface area (Å²) in [4.78, 5) is 47.7. The van der Waals surface area contributed by atoms with E-state index in [9.17, 15) is 36.0 Å². The molecule has 3 aliphatic heterocycles. The van der Waals surface area contributed by atoms with E-state index in [0.29, 0.717) is 18.3 Å². The zero-order valence-corrected chi connectivity index (χ0v) is 31.8. The number of carbonyl (C=O) groups excluding carboxylic acids is 2. The number of likely N-dealkylation sites (N-methyl/N-ethyl adjacent to an activating group) is 1. The fraction of sp³-hybridized carbons (Fsp3) is 0.528. The topological polar surface area (TPSA) is 136 Å². The van der Waals surface area contributed by atoms with E-state index in [1.807, 2.05) is 13.8 Å². The van der Waals surface area contributed by atoms with E-state index in [0.717, 1.165) is 53.5 Å². The number of piperazine rings is 1. The number of carbonyl (C=O) groups is 2. The fourth-order valence-electron chi connectivity index (χ4n) is 7.82. The summed E-state index contributed by atoms with van der Waals surface area (Å²) >= 11 is 0. The van der Waals surface area contributed by atoms with Gasteiger partial charge in [0.25, 0.3) is 11.8 Å². The van der Waals surface area contributed by atoms with Crippen molar-refractivity contribution >= 4 is 44.4 Å². The van der Waals surface area contributed by atoms with Crippen molar-refractivity contribution in [2.24, 2.45) is 0 Å². The number of alkyl halides is 3. The van der Waals surface area contributed by atoms with Crippen LogP contribution < -0.4 is 20.1 Å². The van der Waals surface area contributed by atoms with E-state index in [1.165, 1.54) is 23.9 Å². The maximum Gasteiger partial charge on any atom is 0.405 e. The molecular formula is C36H44F4N6O7S. The van der Waals surface area contributed by atoms with Gasteiger partial charge in [0, 0.05) is 70.6 Å². The van der Waals surface area contributed by atoms with E-state index in [4.69, 9.17) is 9.15 Å². The number of ether oxygens (including phenoxy) is 1. The third kappa shape index (κ3) is 7.27. The Balaban J connectivity index is 1.26. The van der Waals surface area contributed by atoms with Crippen LogP contribution in [0.3, 0.4) is 0 Å². The maximum absolute atomic E-state index is 15.7. The van der Waals surface area contributed by atoms with Crippen molar-refractivity contribution in [1.82, 2.24) is 18.8 Å². The highest BCUT2D eigenvalue weighted by Crippen LogP contribution is 2.37. The monoisotopic (exact) mass is 780 g/mol. The first-order valence-corrected chi connectivity index (χ1v) is 19.0. The minimum atomic E-state index is -4.96. The molecule has 1 N–H and O–H groups in total. The number of nitrogens with one attached hydrogen (secondary N) is 1. The van der Waals surface area contributed by atoms with Crippen LogP contribution >= 0.6 is 0 Å². The normalized spacial score (nSPS) is 20.0. The zero-order valence-electron chi connectivity index (χ0n) is 31.0. The molecule has 3 aliphatic rings. The Kier molecular flexibility index (Phi) is 10.8. The third-order valence-electron chi connectivity index (χ3n) is 10.7. The first kappa shape index (κ1) is 39.4. The number of rotatable bonds is 8. The van der Waals surface area contributed by atoms with Gasteiger partial charge in [0.1, 0.15) is 17.4 Å². The number of nitrogens with zero attached hydrogens (tertiary/aromatic N) is 5. The summed E-state index contributed by atoms with van der Waals surface area (Å²) in [5.74, 6) is -3.30. The van der Waals surface area contributed by atoms with Gasteiger partial charge in [-0.15, -0.1) is 0 Å². The number of hydrogen-bond acceptors (Lipinski definition) is 10. The van der Waals surface area contributed by atoms with Crippen molar-refractivity contribution in [3.63, 3.8) is 0 Å². The molecule has 0 saturated carbocycles. The molecular weight excluding hydrogens is 736 g/mol. The first-order valence-electron chi connectivity index (χ1n) is 17.6. The number of hydrogen-bond donors (Lipinski definition) is 1. The third-order valence-corrected chi connectivity index (χ3v) is 12.2. The predicted octanol–water partition coefficient (Wildman–Crippen LogP) is 3.58. The average Bonchev–Trinajstić information content (AvgIpc) is 3.63. The molecule has 2 fully saturated rings. The number of benzene rings is 2. The summed E-state index contributed by atoms with van der Waals surface area (Å²) in [7, 11) is 1.72. The van der Waals surface area contributed by atoms with E-state index in [1.54, 1.807) is 11.8 Å². The molecule has 1 aromatic heterocycles. The van der Waals surface area contributed by atoms with Crippen molar-refractivity contribution in [2.75, 3.05) is 77.4 Å². The van der Waals surface area contributed by atoms with Crippen LogP contribution in [0.2, 0.25) is 0 Å². The smallest absolute Gasteiger partial charge is 0.405 e. The lowest BCUT2D eigenvalue weighted by Gasteiger charge is -2.41. The highest BCUT2D eigenvalue weighted by Gasteiger charge is 2.50. The van der Waals surface area contributed by atoms with E-state index < -0.39 is 69.8 Å². The summed E-state index contributed by atoms with van der Waals surface area (Å²) in [5.41, 5.74) is 2.58. The van der Waals surface area contributed by atoms with Crippen LogP contribution in [-0.2, 0) is 27.9 Å². The Morgan fingerprint density at radius 1 is 1.06 bits per heavy atom. The van der Waals surface area contributed by atoms with E-state index in [2.05, 4.69) is 22.9 Å². The van der Waals surface area contributed by atoms with Crippen molar-refractivity contribution in [1.29, 1.82) is 0 Å². The molecule has 6 rings (SSSR count). The van der Waals surface area contributed by atoms with E-state index in [-0.39, 0.29) is 47.5 Å². The Labute approximate surface area is 310 Å². The lowest BCUT2D eigenvalue weighted by Crippen LogP contribution is -2.53. The van der Waals surface area contributed by atoms with Crippen LogP contribution in [0.5, 0.6) is 0 Å². The number of anilines is 2. The molecule has 0 unspecified atom stereocenters. The van der Waals surface area contributed by atoms with Crippen molar-refractivity contribution < 1.29 is 44.7 Å². The van der Waals surface area contributed by atoms with Crippen LogP contribution in [0, 0.1) is 19.7 Å². The van der Waals surface area contributed by atoms with Gasteiger partial charge < -0.3 is 23.9 Å². The van der Waals surface area contributed by atoms with Crippen molar-refractivity contribution in [3.05, 3.63) is 67.8 Å². The van der Waals surface area contributed by atoms with Gasteiger partial charge in [-0.3, -0.25) is 14.5 Å². The van der Waals surface area contributed by atoms with Crippen LogP contribution in [0.4, 0.5) is 28.9 Å². The lowest BCUT2D eigenvalue weighted by molar-refractivity contribution is -0.165. The standard InChI is InChI=1S/C36H44F4N6O7S/c1-20-14-28(44-13-12-43(5)22(17-44)19-52-6)21(2)32-31(20)23-9-11-45(18-26(23)35(49)53-32)34(48)24-16-29(42(3)4)25(15-27(24)37)33(47)41-54(50,51)46-10-7-8-30(46)36(38,39)40/h14-16,22,30H,7-13,17-19H2,1-6H3,(H,41,47)/t22-,30-/m1/s1. The second-order valence-electron chi connectivity index (χ2n) is 14.4. The average molecular weight is 781 g/mol. The molecule has 0 spiro atoms. The summed E-state index contributed by atoms with van der Waals surface area (Å²) < 4.78 is 95.2. The second-order valence-corrected chi connectivity index (χ2v) is 16.0. The number of methoxy groups -OCH3 is 1. The number of halogens is 4. The van der Waals surface area contributed by atoms with Crippen LogP contribution in [0.15, 0.2) is 27.4 Å².